The summed E-state index contributed by atoms with van der Waals surface area (Å²) in [6, 6.07) is 16.2. The lowest BCUT2D eigenvalue weighted by atomic mass is 9.94. The van der Waals surface area contributed by atoms with Crippen LogP contribution in [0.3, 0.4) is 0 Å². The van der Waals surface area contributed by atoms with Gasteiger partial charge in [0.1, 0.15) is 5.82 Å². The van der Waals surface area contributed by atoms with Crippen molar-refractivity contribution >= 4 is 34.2 Å². The standard InChI is InChI=1S/C22H17FN2O3/c23-15-9-11-16(12-10-15)24-19(26)8-3-13-25-21(27)17-6-1-4-14-5-2-7-18(20(14)17)22(25)28/h1-2,4-7,9-12H,3,8,13H2,(H,24,26). The molecule has 0 saturated heterocycles. The van der Waals surface area contributed by atoms with E-state index in [9.17, 15) is 18.8 Å². The van der Waals surface area contributed by atoms with E-state index >= 15 is 0 Å². The number of hydrogen-bond acceptors (Lipinski definition) is 3. The van der Waals surface area contributed by atoms with E-state index in [4.69, 9.17) is 0 Å². The molecule has 1 heterocycles. The molecule has 4 rings (SSSR count). The van der Waals surface area contributed by atoms with E-state index in [2.05, 4.69) is 5.32 Å². The third-order valence-corrected chi connectivity index (χ3v) is 4.77. The van der Waals surface area contributed by atoms with Crippen LogP contribution in [0.4, 0.5) is 10.1 Å². The van der Waals surface area contributed by atoms with Gasteiger partial charge in [0.2, 0.25) is 5.91 Å². The Labute approximate surface area is 160 Å². The Morgan fingerprint density at radius 3 is 2.11 bits per heavy atom. The van der Waals surface area contributed by atoms with E-state index in [1.807, 2.05) is 12.1 Å². The Hall–Kier alpha value is -3.54. The monoisotopic (exact) mass is 376 g/mol. The number of rotatable bonds is 5. The highest BCUT2D eigenvalue weighted by atomic mass is 19.1. The third kappa shape index (κ3) is 3.24. The van der Waals surface area contributed by atoms with Crippen LogP contribution in [0.25, 0.3) is 10.8 Å². The van der Waals surface area contributed by atoms with E-state index in [1.165, 1.54) is 29.2 Å². The minimum absolute atomic E-state index is 0.139. The van der Waals surface area contributed by atoms with Gasteiger partial charge in [0.25, 0.3) is 11.8 Å². The number of anilines is 1. The fourth-order valence-corrected chi connectivity index (χ4v) is 3.44. The summed E-state index contributed by atoms with van der Waals surface area (Å²) in [5, 5.41) is 4.21. The average molecular weight is 376 g/mol. The summed E-state index contributed by atoms with van der Waals surface area (Å²) in [5.74, 6) is -1.32. The molecule has 0 bridgehead atoms. The summed E-state index contributed by atoms with van der Waals surface area (Å²) < 4.78 is 12.9. The van der Waals surface area contributed by atoms with E-state index in [0.717, 1.165) is 5.39 Å². The van der Waals surface area contributed by atoms with Gasteiger partial charge in [-0.3, -0.25) is 19.3 Å². The first-order valence-electron chi connectivity index (χ1n) is 8.98. The molecule has 1 aliphatic rings. The average Bonchev–Trinajstić information content (AvgIpc) is 2.70. The van der Waals surface area contributed by atoms with Crippen LogP contribution in [0.15, 0.2) is 60.7 Å². The molecule has 6 heteroatoms. The second kappa shape index (κ2) is 7.23. The highest BCUT2D eigenvalue weighted by Crippen LogP contribution is 2.30. The Kier molecular flexibility index (Phi) is 4.61. The number of carbonyl (C=O) groups is 3. The van der Waals surface area contributed by atoms with Gasteiger partial charge < -0.3 is 5.32 Å². The van der Waals surface area contributed by atoms with Crippen LogP contribution in [-0.4, -0.2) is 29.2 Å². The first-order valence-corrected chi connectivity index (χ1v) is 8.98. The minimum Gasteiger partial charge on any atom is -0.326 e. The summed E-state index contributed by atoms with van der Waals surface area (Å²) in [4.78, 5) is 38.8. The molecule has 0 unspecified atom stereocenters. The van der Waals surface area contributed by atoms with Gasteiger partial charge in [0.15, 0.2) is 0 Å². The van der Waals surface area contributed by atoms with Gasteiger partial charge in [-0.25, -0.2) is 4.39 Å². The number of nitrogens with one attached hydrogen (secondary N) is 1. The van der Waals surface area contributed by atoms with E-state index in [0.29, 0.717) is 28.6 Å². The van der Waals surface area contributed by atoms with Crippen molar-refractivity contribution in [3.05, 3.63) is 77.6 Å². The third-order valence-electron chi connectivity index (χ3n) is 4.77. The van der Waals surface area contributed by atoms with Crippen molar-refractivity contribution in [2.75, 3.05) is 11.9 Å². The molecule has 0 radical (unpaired) electrons. The molecule has 140 valence electrons. The second-order valence-electron chi connectivity index (χ2n) is 6.63. The molecule has 3 aromatic rings. The van der Waals surface area contributed by atoms with Gasteiger partial charge in [-0.15, -0.1) is 0 Å². The van der Waals surface area contributed by atoms with Crippen molar-refractivity contribution in [3.8, 4) is 0 Å². The van der Waals surface area contributed by atoms with Gasteiger partial charge in [-0.1, -0.05) is 24.3 Å². The molecular formula is C22H17FN2O3. The number of nitrogens with zero attached hydrogens (tertiary/aromatic N) is 1. The molecule has 0 spiro atoms. The molecular weight excluding hydrogens is 359 g/mol. The molecule has 0 atom stereocenters. The maximum atomic E-state index is 12.9. The van der Waals surface area contributed by atoms with E-state index < -0.39 is 0 Å². The molecule has 28 heavy (non-hydrogen) atoms. The molecule has 0 saturated carbocycles. The van der Waals surface area contributed by atoms with Gasteiger partial charge in [0.05, 0.1) is 0 Å². The largest absolute Gasteiger partial charge is 0.326 e. The lowest BCUT2D eigenvalue weighted by Gasteiger charge is -2.27. The van der Waals surface area contributed by atoms with Gasteiger partial charge in [-0.2, -0.15) is 0 Å². The van der Waals surface area contributed by atoms with Crippen LogP contribution in [0.5, 0.6) is 0 Å². The van der Waals surface area contributed by atoms with Gasteiger partial charge in [-0.05, 0) is 48.2 Å². The summed E-state index contributed by atoms with van der Waals surface area (Å²) in [7, 11) is 0. The smallest absolute Gasteiger partial charge is 0.261 e. The number of benzene rings is 3. The van der Waals surface area contributed by atoms with Crippen molar-refractivity contribution in [2.24, 2.45) is 0 Å². The molecule has 1 aliphatic heterocycles. The molecule has 0 aromatic heterocycles. The topological polar surface area (TPSA) is 66.5 Å². The van der Waals surface area contributed by atoms with Crippen LogP contribution in [-0.2, 0) is 4.79 Å². The van der Waals surface area contributed by atoms with E-state index in [-0.39, 0.29) is 36.5 Å². The summed E-state index contributed by atoms with van der Waals surface area (Å²) in [6.45, 7) is 0.152. The molecule has 0 aliphatic carbocycles. The summed E-state index contributed by atoms with van der Waals surface area (Å²) in [5.41, 5.74) is 1.50. The van der Waals surface area contributed by atoms with Gasteiger partial charge in [0, 0.05) is 35.2 Å². The summed E-state index contributed by atoms with van der Waals surface area (Å²) >= 11 is 0. The zero-order valence-electron chi connectivity index (χ0n) is 14.9. The molecule has 0 fully saturated rings. The van der Waals surface area contributed by atoms with Crippen LogP contribution >= 0.6 is 0 Å². The number of amides is 3. The maximum absolute atomic E-state index is 12.9. The molecule has 3 amide bonds. The van der Waals surface area contributed by atoms with Crippen molar-refractivity contribution in [1.29, 1.82) is 0 Å². The Morgan fingerprint density at radius 1 is 0.893 bits per heavy atom. The minimum atomic E-state index is -0.379. The number of hydrogen-bond donors (Lipinski definition) is 1. The highest BCUT2D eigenvalue weighted by molar-refractivity contribution is 6.25. The fourth-order valence-electron chi connectivity index (χ4n) is 3.44. The Bertz CT molecular complexity index is 1040. The highest BCUT2D eigenvalue weighted by Gasteiger charge is 2.32. The van der Waals surface area contributed by atoms with Crippen LogP contribution in [0, 0.1) is 5.82 Å². The fraction of sp³-hybridized carbons (Fsp3) is 0.136. The van der Waals surface area contributed by atoms with Crippen LogP contribution in [0.1, 0.15) is 33.6 Å². The molecule has 1 N–H and O–H groups in total. The van der Waals surface area contributed by atoms with Crippen molar-refractivity contribution in [3.63, 3.8) is 0 Å². The lowest BCUT2D eigenvalue weighted by molar-refractivity contribution is -0.116. The van der Waals surface area contributed by atoms with Gasteiger partial charge >= 0.3 is 0 Å². The summed E-state index contributed by atoms with van der Waals surface area (Å²) in [6.07, 6.45) is 0.475. The zero-order valence-corrected chi connectivity index (χ0v) is 14.9. The Balaban J connectivity index is 1.43. The van der Waals surface area contributed by atoms with Crippen molar-refractivity contribution in [1.82, 2.24) is 4.90 Å². The maximum Gasteiger partial charge on any atom is 0.261 e. The lowest BCUT2D eigenvalue weighted by Crippen LogP contribution is -2.41. The van der Waals surface area contributed by atoms with E-state index in [1.54, 1.807) is 24.3 Å². The van der Waals surface area contributed by atoms with Crippen LogP contribution < -0.4 is 5.32 Å². The molecule has 5 nitrogen and oxygen atoms in total. The van der Waals surface area contributed by atoms with Crippen molar-refractivity contribution < 1.29 is 18.8 Å². The normalized spacial score (nSPS) is 13.1. The van der Waals surface area contributed by atoms with Crippen molar-refractivity contribution in [2.45, 2.75) is 12.8 Å². The Morgan fingerprint density at radius 2 is 1.50 bits per heavy atom. The first kappa shape index (κ1) is 17.9. The second-order valence-corrected chi connectivity index (χ2v) is 6.63. The predicted octanol–water partition coefficient (Wildman–Crippen LogP) is 3.99. The quantitative estimate of drug-likeness (QED) is 0.685. The first-order chi connectivity index (χ1) is 13.5. The number of carbonyl (C=O) groups excluding carboxylic acids is 3. The SMILES string of the molecule is O=C(CCCN1C(=O)c2cccc3cccc(c23)C1=O)Nc1ccc(F)cc1. The molecule has 3 aromatic carbocycles. The predicted molar refractivity (Wildman–Crippen MR) is 104 cm³/mol. The number of imide groups is 1. The zero-order chi connectivity index (χ0) is 19.7. The van der Waals surface area contributed by atoms with Crippen LogP contribution in [0.2, 0.25) is 0 Å². The number of halogens is 1.